The number of amides is 1. The van der Waals surface area contributed by atoms with Gasteiger partial charge in [-0.3, -0.25) is 4.79 Å². The Morgan fingerprint density at radius 1 is 1.06 bits per heavy atom. The lowest BCUT2D eigenvalue weighted by atomic mass is 9.96. The maximum absolute atomic E-state index is 13.5. The van der Waals surface area contributed by atoms with Crippen molar-refractivity contribution in [2.75, 3.05) is 11.9 Å². The van der Waals surface area contributed by atoms with Crippen molar-refractivity contribution in [1.29, 1.82) is 0 Å². The number of nitrogens with zero attached hydrogens (tertiary/aromatic N) is 6. The molecule has 1 N–H and O–H groups in total. The van der Waals surface area contributed by atoms with Crippen LogP contribution in [-0.2, 0) is 0 Å². The zero-order chi connectivity index (χ0) is 21.2. The van der Waals surface area contributed by atoms with Crippen molar-refractivity contribution in [3.63, 3.8) is 0 Å². The van der Waals surface area contributed by atoms with E-state index in [4.69, 9.17) is 0 Å². The van der Waals surface area contributed by atoms with Crippen molar-refractivity contribution in [2.24, 2.45) is 0 Å². The molecule has 1 fully saturated rings. The van der Waals surface area contributed by atoms with Crippen molar-refractivity contribution in [1.82, 2.24) is 29.9 Å². The van der Waals surface area contributed by atoms with Crippen LogP contribution in [0.4, 0.5) is 5.95 Å². The number of fused-ring (bicyclic) bond motifs is 1. The first-order chi connectivity index (χ1) is 15.2. The molecule has 3 heterocycles. The van der Waals surface area contributed by atoms with Crippen molar-refractivity contribution < 1.29 is 4.79 Å². The Morgan fingerprint density at radius 3 is 2.71 bits per heavy atom. The Balaban J connectivity index is 1.38. The molecule has 156 valence electrons. The first-order valence-corrected chi connectivity index (χ1v) is 10.5. The van der Waals surface area contributed by atoms with Crippen LogP contribution in [0.1, 0.15) is 30.1 Å². The maximum atomic E-state index is 13.5. The van der Waals surface area contributed by atoms with E-state index < -0.39 is 0 Å². The molecule has 0 bridgehead atoms. The molecule has 31 heavy (non-hydrogen) atoms. The zero-order valence-corrected chi connectivity index (χ0v) is 17.2. The number of carbonyl (C=O) groups is 1. The van der Waals surface area contributed by atoms with E-state index in [1.807, 2.05) is 59.6 Å². The molecule has 0 aliphatic carbocycles. The number of hydrogen-bond donors (Lipinski definition) is 1. The third-order valence-electron chi connectivity index (χ3n) is 5.82. The van der Waals surface area contributed by atoms with Crippen LogP contribution in [0.5, 0.6) is 0 Å². The van der Waals surface area contributed by atoms with Gasteiger partial charge in [-0.1, -0.05) is 30.3 Å². The molecule has 2 atom stereocenters. The van der Waals surface area contributed by atoms with Gasteiger partial charge in [-0.2, -0.15) is 15.0 Å². The van der Waals surface area contributed by atoms with Crippen molar-refractivity contribution in [3.8, 4) is 5.69 Å². The highest BCUT2D eigenvalue weighted by atomic mass is 16.2. The number of para-hydroxylation sites is 2. The highest BCUT2D eigenvalue weighted by Gasteiger charge is 2.33. The summed E-state index contributed by atoms with van der Waals surface area (Å²) >= 11 is 0. The Morgan fingerprint density at radius 2 is 1.84 bits per heavy atom. The van der Waals surface area contributed by atoms with E-state index >= 15 is 0 Å². The molecule has 2 aromatic carbocycles. The number of carbonyl (C=O) groups excluding carboxylic acids is 1. The van der Waals surface area contributed by atoms with Gasteiger partial charge in [0.2, 0.25) is 5.95 Å². The van der Waals surface area contributed by atoms with Crippen molar-refractivity contribution >= 4 is 22.8 Å². The lowest BCUT2D eigenvalue weighted by Crippen LogP contribution is -2.52. The smallest absolute Gasteiger partial charge is 0.256 e. The standard InChI is InChI=1S/C23H23N7O/c1-16-19(27-23-24-15-17-7-2-4-9-20(17)28-23)10-6-14-29(16)22(31)18-8-3-5-11-21(18)30-25-12-13-26-30/h2-5,7-9,11-13,15-16,19H,6,10,14H2,1H3,(H,24,27,28). The third kappa shape index (κ3) is 3.72. The number of anilines is 1. The zero-order valence-electron chi connectivity index (χ0n) is 17.2. The van der Waals surface area contributed by atoms with Crippen molar-refractivity contribution in [3.05, 3.63) is 72.7 Å². The number of likely N-dealkylation sites (tertiary alicyclic amines) is 1. The second kappa shape index (κ2) is 8.14. The van der Waals surface area contributed by atoms with Crippen LogP contribution >= 0.6 is 0 Å². The van der Waals surface area contributed by atoms with Gasteiger partial charge in [0.15, 0.2) is 0 Å². The van der Waals surface area contributed by atoms with Crippen LogP contribution in [0, 0.1) is 0 Å². The molecular weight excluding hydrogens is 390 g/mol. The van der Waals surface area contributed by atoms with Crippen LogP contribution in [0.15, 0.2) is 67.1 Å². The predicted octanol–water partition coefficient (Wildman–Crippen LogP) is 3.32. The minimum atomic E-state index is -0.0219. The molecule has 1 amide bonds. The van der Waals surface area contributed by atoms with Crippen LogP contribution in [0.2, 0.25) is 0 Å². The lowest BCUT2D eigenvalue weighted by Gasteiger charge is -2.40. The first-order valence-electron chi connectivity index (χ1n) is 10.5. The molecule has 0 saturated carbocycles. The molecule has 2 unspecified atom stereocenters. The van der Waals surface area contributed by atoms with Gasteiger partial charge in [0, 0.05) is 30.2 Å². The van der Waals surface area contributed by atoms with Crippen LogP contribution in [0.25, 0.3) is 16.6 Å². The fourth-order valence-corrected chi connectivity index (χ4v) is 4.15. The average Bonchev–Trinajstić information content (AvgIpc) is 3.35. The monoisotopic (exact) mass is 413 g/mol. The second-order valence-electron chi connectivity index (χ2n) is 7.72. The topological polar surface area (TPSA) is 88.8 Å². The number of hydrogen-bond acceptors (Lipinski definition) is 6. The van der Waals surface area contributed by atoms with E-state index in [0.717, 1.165) is 23.7 Å². The first kappa shape index (κ1) is 19.2. The largest absolute Gasteiger partial charge is 0.349 e. The highest BCUT2D eigenvalue weighted by molar-refractivity contribution is 5.98. The van der Waals surface area contributed by atoms with Gasteiger partial charge in [-0.25, -0.2) is 9.97 Å². The SMILES string of the molecule is CC1C(Nc2ncc3ccccc3n2)CCCN1C(=O)c1ccccc1-n1nccn1. The summed E-state index contributed by atoms with van der Waals surface area (Å²) in [5.74, 6) is 0.567. The van der Waals surface area contributed by atoms with E-state index in [-0.39, 0.29) is 18.0 Å². The Hall–Kier alpha value is -3.81. The van der Waals surface area contributed by atoms with E-state index in [0.29, 0.717) is 23.7 Å². The van der Waals surface area contributed by atoms with Gasteiger partial charge in [0.05, 0.1) is 29.2 Å². The fraction of sp³-hybridized carbons (Fsp3) is 0.261. The lowest BCUT2D eigenvalue weighted by molar-refractivity contribution is 0.0616. The van der Waals surface area contributed by atoms with Crippen molar-refractivity contribution in [2.45, 2.75) is 31.8 Å². The van der Waals surface area contributed by atoms with Gasteiger partial charge in [-0.15, -0.1) is 0 Å². The summed E-state index contributed by atoms with van der Waals surface area (Å²) in [5, 5.41) is 12.9. The van der Waals surface area contributed by atoms with E-state index in [1.54, 1.807) is 12.4 Å². The summed E-state index contributed by atoms with van der Waals surface area (Å²) in [5.41, 5.74) is 2.17. The van der Waals surface area contributed by atoms with Gasteiger partial charge in [-0.05, 0) is 38.0 Å². The molecule has 1 aliphatic rings. The Bertz CT molecular complexity index is 1210. The molecule has 0 radical (unpaired) electrons. The number of rotatable bonds is 4. The average molecular weight is 413 g/mol. The highest BCUT2D eigenvalue weighted by Crippen LogP contribution is 2.25. The van der Waals surface area contributed by atoms with Gasteiger partial charge in [0.25, 0.3) is 5.91 Å². The van der Waals surface area contributed by atoms with E-state index in [2.05, 4.69) is 32.4 Å². The van der Waals surface area contributed by atoms with Crippen LogP contribution < -0.4 is 5.32 Å². The second-order valence-corrected chi connectivity index (χ2v) is 7.72. The summed E-state index contributed by atoms with van der Waals surface area (Å²) in [4.78, 5) is 26.0. The van der Waals surface area contributed by atoms with Gasteiger partial charge in [0.1, 0.15) is 0 Å². The molecule has 4 aromatic rings. The summed E-state index contributed by atoms with van der Waals surface area (Å²) < 4.78 is 0. The molecule has 1 aliphatic heterocycles. The predicted molar refractivity (Wildman–Crippen MR) is 118 cm³/mol. The molecule has 5 rings (SSSR count). The number of aromatic nitrogens is 5. The minimum Gasteiger partial charge on any atom is -0.349 e. The summed E-state index contributed by atoms with van der Waals surface area (Å²) in [6, 6.07) is 15.4. The third-order valence-corrected chi connectivity index (χ3v) is 5.82. The number of piperidine rings is 1. The summed E-state index contributed by atoms with van der Waals surface area (Å²) in [6.45, 7) is 2.78. The molecule has 1 saturated heterocycles. The normalized spacial score (nSPS) is 18.8. The van der Waals surface area contributed by atoms with Crippen LogP contribution in [-0.4, -0.2) is 54.4 Å². The quantitative estimate of drug-likeness (QED) is 0.552. The van der Waals surface area contributed by atoms with Gasteiger partial charge >= 0.3 is 0 Å². The fourth-order valence-electron chi connectivity index (χ4n) is 4.15. The number of nitrogens with one attached hydrogen (secondary N) is 1. The minimum absolute atomic E-state index is 0.0186. The Kier molecular flexibility index (Phi) is 5.03. The van der Waals surface area contributed by atoms with E-state index in [9.17, 15) is 4.79 Å². The summed E-state index contributed by atoms with van der Waals surface area (Å²) in [6.07, 6.45) is 6.89. The molecule has 8 heteroatoms. The molecule has 8 nitrogen and oxygen atoms in total. The molecule has 2 aromatic heterocycles. The Labute approximate surface area is 179 Å². The van der Waals surface area contributed by atoms with Crippen LogP contribution in [0.3, 0.4) is 0 Å². The number of benzene rings is 2. The van der Waals surface area contributed by atoms with Gasteiger partial charge < -0.3 is 10.2 Å². The molecule has 0 spiro atoms. The van der Waals surface area contributed by atoms with E-state index in [1.165, 1.54) is 4.80 Å². The maximum Gasteiger partial charge on any atom is 0.256 e. The molecular formula is C23H23N7O. The summed E-state index contributed by atoms with van der Waals surface area (Å²) in [7, 11) is 0.